The summed E-state index contributed by atoms with van der Waals surface area (Å²) in [5.41, 5.74) is 5.13. The molecule has 250 valence electrons. The maximum absolute atomic E-state index is 13.8. The third-order valence-electron chi connectivity index (χ3n) is 9.03. The van der Waals surface area contributed by atoms with Crippen LogP contribution in [0.3, 0.4) is 0 Å². The van der Waals surface area contributed by atoms with E-state index in [-0.39, 0.29) is 11.5 Å². The topological polar surface area (TPSA) is 77.3 Å². The number of carbonyl (C=O) groups is 2. The van der Waals surface area contributed by atoms with Gasteiger partial charge in [0, 0.05) is 30.8 Å². The van der Waals surface area contributed by atoms with Crippen molar-refractivity contribution < 1.29 is 9.59 Å². The van der Waals surface area contributed by atoms with E-state index in [4.69, 9.17) is 4.98 Å². The lowest BCUT2D eigenvalue weighted by atomic mass is 9.93. The average molecular weight is 645 g/mol. The van der Waals surface area contributed by atoms with Crippen LogP contribution in [0.2, 0.25) is 0 Å². The Labute approximate surface area is 282 Å². The van der Waals surface area contributed by atoms with Crippen LogP contribution in [-0.4, -0.2) is 41.3 Å². The molecule has 0 fully saturated rings. The van der Waals surface area contributed by atoms with Gasteiger partial charge in [-0.05, 0) is 62.8 Å². The van der Waals surface area contributed by atoms with Crippen molar-refractivity contribution in [2.24, 2.45) is 0 Å². The quantitative estimate of drug-likeness (QED) is 0.0814. The minimum Gasteiger partial charge on any atom is -0.348 e. The molecule has 0 saturated carbocycles. The van der Waals surface area contributed by atoms with Crippen molar-refractivity contribution in [1.29, 1.82) is 5.26 Å². The third kappa shape index (κ3) is 9.88. The van der Waals surface area contributed by atoms with Crippen LogP contribution < -0.4 is 4.90 Å². The fraction of sp³-hybridized carbons (Fsp3) is 0.590. The van der Waals surface area contributed by atoms with Gasteiger partial charge < -0.3 is 4.90 Å². The zero-order chi connectivity index (χ0) is 33.5. The first-order valence-corrected chi connectivity index (χ1v) is 18.6. The normalized spacial score (nSPS) is 14.5. The molecule has 1 aromatic heterocycles. The Bertz CT molecular complexity index is 1380. The van der Waals surface area contributed by atoms with Gasteiger partial charge in [0.05, 0.1) is 10.6 Å². The van der Waals surface area contributed by atoms with Crippen LogP contribution in [-0.2, 0) is 9.59 Å². The van der Waals surface area contributed by atoms with E-state index in [0.717, 1.165) is 64.7 Å². The van der Waals surface area contributed by atoms with Gasteiger partial charge in [0.15, 0.2) is 5.13 Å². The van der Waals surface area contributed by atoms with Crippen LogP contribution in [0.5, 0.6) is 0 Å². The van der Waals surface area contributed by atoms with Crippen molar-refractivity contribution in [2.45, 2.75) is 131 Å². The summed E-state index contributed by atoms with van der Waals surface area (Å²) >= 11 is 1.63. The maximum Gasteiger partial charge on any atom is 0.271 e. The molecule has 6 nitrogen and oxygen atoms in total. The highest BCUT2D eigenvalue weighted by molar-refractivity contribution is 7.17. The first kappa shape index (κ1) is 37.2. The molecule has 0 bridgehead atoms. The van der Waals surface area contributed by atoms with Crippen molar-refractivity contribution in [3.05, 3.63) is 50.9 Å². The second-order valence-electron chi connectivity index (χ2n) is 12.8. The van der Waals surface area contributed by atoms with E-state index in [9.17, 15) is 14.9 Å². The van der Waals surface area contributed by atoms with Gasteiger partial charge in [0.2, 0.25) is 0 Å². The van der Waals surface area contributed by atoms with Gasteiger partial charge in [0.25, 0.3) is 11.8 Å². The van der Waals surface area contributed by atoms with Crippen LogP contribution in [0, 0.1) is 25.2 Å². The summed E-state index contributed by atoms with van der Waals surface area (Å²) in [6.07, 6.45) is 18.4. The highest BCUT2D eigenvalue weighted by Gasteiger charge is 2.35. The average Bonchev–Trinajstić information content (AvgIpc) is 3.44. The summed E-state index contributed by atoms with van der Waals surface area (Å²) in [5, 5.41) is 10.9. The molecule has 0 saturated heterocycles. The number of anilines is 1. The van der Waals surface area contributed by atoms with Crippen LogP contribution in [0.4, 0.5) is 5.13 Å². The highest BCUT2D eigenvalue weighted by atomic mass is 32.1. The number of hydrogen-bond acceptors (Lipinski definition) is 6. The van der Waals surface area contributed by atoms with Crippen molar-refractivity contribution in [3.63, 3.8) is 0 Å². The maximum atomic E-state index is 13.8. The molecule has 0 radical (unpaired) electrons. The van der Waals surface area contributed by atoms with E-state index in [0.29, 0.717) is 24.1 Å². The van der Waals surface area contributed by atoms with Crippen molar-refractivity contribution in [2.75, 3.05) is 24.5 Å². The number of aromatic nitrogens is 1. The van der Waals surface area contributed by atoms with E-state index in [2.05, 4.69) is 56.9 Å². The van der Waals surface area contributed by atoms with Gasteiger partial charge in [-0.15, -0.1) is 0 Å². The second-order valence-corrected chi connectivity index (χ2v) is 13.8. The Hall–Kier alpha value is -3.24. The lowest BCUT2D eigenvalue weighted by Crippen LogP contribution is -2.43. The zero-order valence-corrected chi connectivity index (χ0v) is 30.2. The molecule has 2 aromatic rings. The van der Waals surface area contributed by atoms with E-state index in [1.165, 1.54) is 69.1 Å². The number of nitrogens with zero attached hydrogens (tertiary/aromatic N) is 4. The number of aryl methyl sites for hydroxylation is 2. The van der Waals surface area contributed by atoms with E-state index >= 15 is 0 Å². The Morgan fingerprint density at radius 2 is 1.35 bits per heavy atom. The van der Waals surface area contributed by atoms with Gasteiger partial charge >= 0.3 is 0 Å². The first-order chi connectivity index (χ1) is 22.3. The van der Waals surface area contributed by atoms with Gasteiger partial charge in [-0.3, -0.25) is 14.5 Å². The molecule has 2 amide bonds. The van der Waals surface area contributed by atoms with Gasteiger partial charge in [-0.2, -0.15) is 5.26 Å². The lowest BCUT2D eigenvalue weighted by molar-refractivity contribution is -0.140. The molecule has 46 heavy (non-hydrogen) atoms. The molecule has 0 N–H and O–H groups in total. The number of amides is 2. The SMILES string of the molecule is CCCCCCCCN(CCCCCCCC)c1nc(-c2c(C)cccc2C)c(/C=C2\C(=O)N(CCCC)C(=O)C(C#N)=C2C)s1. The second kappa shape index (κ2) is 19.4. The molecule has 0 unspecified atom stereocenters. The van der Waals surface area contributed by atoms with Crippen LogP contribution in [0.15, 0.2) is 34.9 Å². The number of thiazole rings is 1. The smallest absolute Gasteiger partial charge is 0.271 e. The fourth-order valence-corrected chi connectivity index (χ4v) is 7.24. The predicted molar refractivity (Wildman–Crippen MR) is 194 cm³/mol. The summed E-state index contributed by atoms with van der Waals surface area (Å²) < 4.78 is 0. The number of carbonyl (C=O) groups excluding carboxylic acids is 2. The zero-order valence-electron chi connectivity index (χ0n) is 29.3. The number of benzene rings is 1. The van der Waals surface area contributed by atoms with Crippen LogP contribution in [0.25, 0.3) is 17.3 Å². The minimum absolute atomic E-state index is 0.0492. The minimum atomic E-state index is -0.486. The summed E-state index contributed by atoms with van der Waals surface area (Å²) in [6.45, 7) is 14.7. The number of rotatable bonds is 20. The van der Waals surface area contributed by atoms with Crippen LogP contribution in [0.1, 0.15) is 134 Å². The molecule has 0 atom stereocenters. The van der Waals surface area contributed by atoms with Crippen molar-refractivity contribution in [3.8, 4) is 17.3 Å². The Morgan fingerprint density at radius 3 is 1.89 bits per heavy atom. The third-order valence-corrected chi connectivity index (χ3v) is 10.1. The fourth-order valence-electron chi connectivity index (χ4n) is 6.17. The van der Waals surface area contributed by atoms with Crippen molar-refractivity contribution >= 4 is 34.4 Å². The van der Waals surface area contributed by atoms with E-state index < -0.39 is 5.91 Å². The summed E-state index contributed by atoms with van der Waals surface area (Å²) in [6, 6.07) is 8.38. The van der Waals surface area contributed by atoms with Crippen LogP contribution >= 0.6 is 11.3 Å². The monoisotopic (exact) mass is 644 g/mol. The molecular weight excluding hydrogens is 589 g/mol. The Balaban J connectivity index is 2.07. The Kier molecular flexibility index (Phi) is 15.7. The van der Waals surface area contributed by atoms with Gasteiger partial charge in [0.1, 0.15) is 11.6 Å². The molecule has 0 aliphatic carbocycles. The van der Waals surface area contributed by atoms with Gasteiger partial charge in [-0.1, -0.05) is 121 Å². The predicted octanol–water partition coefficient (Wildman–Crippen LogP) is 10.3. The molecule has 7 heteroatoms. The van der Waals surface area contributed by atoms with Crippen molar-refractivity contribution in [1.82, 2.24) is 9.88 Å². The molecular formula is C39H56N4O2S. The largest absolute Gasteiger partial charge is 0.348 e. The highest BCUT2D eigenvalue weighted by Crippen LogP contribution is 2.39. The Morgan fingerprint density at radius 1 is 0.804 bits per heavy atom. The lowest BCUT2D eigenvalue weighted by Gasteiger charge is -2.27. The summed E-state index contributed by atoms with van der Waals surface area (Å²) in [4.78, 5) is 36.8. The van der Waals surface area contributed by atoms with E-state index in [1.807, 2.05) is 13.0 Å². The number of imide groups is 1. The molecule has 1 aliphatic rings. The standard InChI is InChI=1S/C39H56N4O2S/c1-7-10-13-15-17-19-24-42(25-20-18-16-14-11-8-2)39-41-36(35-29(4)22-21-23-30(35)5)34(46-39)27-32-31(6)33(28-40)38(45)43(37(32)44)26-12-9-3/h21-23,27H,7-20,24-26H2,1-6H3/b32-27-. The molecule has 1 aromatic carbocycles. The molecule has 3 rings (SSSR count). The first-order valence-electron chi connectivity index (χ1n) is 17.8. The molecule has 2 heterocycles. The number of nitriles is 1. The molecule has 0 spiro atoms. The number of hydrogen-bond donors (Lipinski definition) is 0. The van der Waals surface area contributed by atoms with Gasteiger partial charge in [-0.25, -0.2) is 4.98 Å². The molecule has 1 aliphatic heterocycles. The number of unbranched alkanes of at least 4 members (excludes halogenated alkanes) is 11. The van der Waals surface area contributed by atoms with E-state index in [1.54, 1.807) is 18.3 Å². The summed E-state index contributed by atoms with van der Waals surface area (Å²) in [5.74, 6) is -0.812. The summed E-state index contributed by atoms with van der Waals surface area (Å²) in [7, 11) is 0.